The molecule has 0 aliphatic carbocycles. The largest absolute Gasteiger partial charge is 0.492 e. The molecule has 176 valence electrons. The van der Waals surface area contributed by atoms with Crippen LogP contribution in [-0.2, 0) is 16.1 Å². The second-order valence-electron chi connectivity index (χ2n) is 9.60. The second kappa shape index (κ2) is 10.2. The van der Waals surface area contributed by atoms with Crippen LogP contribution < -0.4 is 10.1 Å². The highest BCUT2D eigenvalue weighted by Crippen LogP contribution is 2.42. The van der Waals surface area contributed by atoms with E-state index in [4.69, 9.17) is 9.47 Å². The van der Waals surface area contributed by atoms with Gasteiger partial charge in [0.05, 0.1) is 18.8 Å². The first-order valence-electron chi connectivity index (χ1n) is 12.3. The van der Waals surface area contributed by atoms with Crippen LogP contribution >= 0.6 is 0 Å². The average Bonchev–Trinajstić information content (AvgIpc) is 3.18. The summed E-state index contributed by atoms with van der Waals surface area (Å²) in [5, 5.41) is 3.41. The Hall–Kier alpha value is -2.41. The third-order valence-electron chi connectivity index (χ3n) is 7.37. The first kappa shape index (κ1) is 22.4. The average molecular weight is 450 g/mol. The fraction of sp³-hybridized carbons (Fsp3) is 0.519. The predicted octanol–water partition coefficient (Wildman–Crippen LogP) is 3.04. The normalized spacial score (nSPS) is 26.4. The van der Waals surface area contributed by atoms with Crippen molar-refractivity contribution in [2.75, 3.05) is 52.5 Å². The van der Waals surface area contributed by atoms with Crippen LogP contribution in [0.3, 0.4) is 0 Å². The smallest absolute Gasteiger partial charge is 0.220 e. The number of carbonyl (C=O) groups is 1. The van der Waals surface area contributed by atoms with E-state index < -0.39 is 0 Å². The Balaban J connectivity index is 1.28. The molecule has 0 aromatic heterocycles. The maximum absolute atomic E-state index is 12.4. The quantitative estimate of drug-likeness (QED) is 0.704. The first-order valence-corrected chi connectivity index (χ1v) is 12.3. The van der Waals surface area contributed by atoms with Gasteiger partial charge in [0.25, 0.3) is 0 Å². The van der Waals surface area contributed by atoms with Crippen LogP contribution in [0.2, 0.25) is 0 Å². The molecule has 3 aliphatic heterocycles. The molecule has 3 saturated heterocycles. The van der Waals surface area contributed by atoms with Crippen molar-refractivity contribution < 1.29 is 14.3 Å². The molecule has 3 aliphatic rings. The summed E-state index contributed by atoms with van der Waals surface area (Å²) >= 11 is 0. The molecular formula is C27H35N3O3. The number of hydrogen-bond donors (Lipinski definition) is 1. The Bertz CT molecular complexity index is 931. The van der Waals surface area contributed by atoms with Crippen LogP contribution in [0.15, 0.2) is 54.6 Å². The standard InChI is InChI=1S/C27H35N3O3/c31-26-11-6-12-27(28-26)21-30(20-24(27)22-7-2-1-3-8-22)19-23-9-4-5-10-25(23)33-18-15-29-13-16-32-17-14-29/h1-5,7-10,24H,6,11-21H2,(H,28,31)/t24-,27+/m0/s1. The van der Waals surface area contributed by atoms with Crippen LogP contribution in [0.5, 0.6) is 5.75 Å². The molecule has 0 unspecified atom stereocenters. The number of morpholine rings is 1. The highest BCUT2D eigenvalue weighted by atomic mass is 16.5. The van der Waals surface area contributed by atoms with Gasteiger partial charge in [0.1, 0.15) is 12.4 Å². The zero-order chi connectivity index (χ0) is 22.5. The number of amides is 1. The number of para-hydroxylation sites is 1. The summed E-state index contributed by atoms with van der Waals surface area (Å²) in [6.07, 6.45) is 2.64. The molecule has 3 heterocycles. The number of benzene rings is 2. The van der Waals surface area contributed by atoms with Crippen LogP contribution in [0, 0.1) is 0 Å². The lowest BCUT2D eigenvalue weighted by Crippen LogP contribution is -2.56. The highest BCUT2D eigenvalue weighted by molar-refractivity contribution is 5.78. The lowest BCUT2D eigenvalue weighted by molar-refractivity contribution is -0.125. The number of likely N-dealkylation sites (tertiary alicyclic amines) is 1. The molecule has 0 bridgehead atoms. The number of carbonyl (C=O) groups excluding carboxylic acids is 1. The van der Waals surface area contributed by atoms with Crippen molar-refractivity contribution in [2.45, 2.75) is 37.3 Å². The Kier molecular flexibility index (Phi) is 6.95. The molecule has 2 aromatic rings. The molecule has 1 N–H and O–H groups in total. The number of piperidine rings is 1. The van der Waals surface area contributed by atoms with Crippen molar-refractivity contribution in [3.05, 3.63) is 65.7 Å². The summed E-state index contributed by atoms with van der Waals surface area (Å²) in [6.45, 7) is 7.83. The van der Waals surface area contributed by atoms with Crippen LogP contribution in [-0.4, -0.2) is 73.8 Å². The Morgan fingerprint density at radius 1 is 1.03 bits per heavy atom. The SMILES string of the molecule is O=C1CCC[C@]2(CN(Cc3ccccc3OCCN3CCOCC3)C[C@H]2c2ccccc2)N1. The number of nitrogens with one attached hydrogen (secondary N) is 1. The van der Waals surface area contributed by atoms with E-state index in [9.17, 15) is 4.79 Å². The van der Waals surface area contributed by atoms with E-state index in [1.165, 1.54) is 11.1 Å². The third-order valence-corrected chi connectivity index (χ3v) is 7.37. The lowest BCUT2D eigenvalue weighted by Gasteiger charge is -2.39. The van der Waals surface area contributed by atoms with E-state index in [1.54, 1.807) is 0 Å². The zero-order valence-corrected chi connectivity index (χ0v) is 19.4. The Morgan fingerprint density at radius 3 is 2.64 bits per heavy atom. The van der Waals surface area contributed by atoms with Crippen molar-refractivity contribution in [2.24, 2.45) is 0 Å². The van der Waals surface area contributed by atoms with Crippen molar-refractivity contribution in [1.29, 1.82) is 0 Å². The van der Waals surface area contributed by atoms with E-state index in [0.29, 0.717) is 18.9 Å². The van der Waals surface area contributed by atoms with Gasteiger partial charge in [0.15, 0.2) is 0 Å². The summed E-state index contributed by atoms with van der Waals surface area (Å²) in [5.41, 5.74) is 2.35. The van der Waals surface area contributed by atoms with E-state index in [1.807, 2.05) is 6.07 Å². The maximum Gasteiger partial charge on any atom is 0.220 e. The Morgan fingerprint density at radius 2 is 1.82 bits per heavy atom. The van der Waals surface area contributed by atoms with Gasteiger partial charge in [-0.2, -0.15) is 0 Å². The van der Waals surface area contributed by atoms with Gasteiger partial charge in [-0.1, -0.05) is 48.5 Å². The molecule has 0 radical (unpaired) electrons. The lowest BCUT2D eigenvalue weighted by atomic mass is 9.76. The molecule has 0 saturated carbocycles. The summed E-state index contributed by atoms with van der Waals surface area (Å²) < 4.78 is 11.7. The molecule has 6 heteroatoms. The minimum atomic E-state index is -0.178. The number of nitrogens with zero attached hydrogens (tertiary/aromatic N) is 2. The monoisotopic (exact) mass is 449 g/mol. The fourth-order valence-electron chi connectivity index (χ4n) is 5.71. The minimum Gasteiger partial charge on any atom is -0.492 e. The van der Waals surface area contributed by atoms with Gasteiger partial charge >= 0.3 is 0 Å². The topological polar surface area (TPSA) is 54.0 Å². The van der Waals surface area contributed by atoms with Gasteiger partial charge in [-0.05, 0) is 24.5 Å². The third kappa shape index (κ3) is 5.24. The summed E-state index contributed by atoms with van der Waals surface area (Å²) in [7, 11) is 0. The van der Waals surface area contributed by atoms with Gasteiger partial charge in [-0.3, -0.25) is 14.6 Å². The van der Waals surface area contributed by atoms with E-state index in [-0.39, 0.29) is 11.4 Å². The fourth-order valence-corrected chi connectivity index (χ4v) is 5.71. The maximum atomic E-state index is 12.4. The van der Waals surface area contributed by atoms with Crippen molar-refractivity contribution in [3.63, 3.8) is 0 Å². The molecule has 1 spiro atoms. The van der Waals surface area contributed by atoms with Crippen LogP contribution in [0.1, 0.15) is 36.3 Å². The van der Waals surface area contributed by atoms with Crippen LogP contribution in [0.4, 0.5) is 0 Å². The van der Waals surface area contributed by atoms with Gasteiger partial charge in [0, 0.05) is 57.2 Å². The molecule has 6 nitrogen and oxygen atoms in total. The second-order valence-corrected chi connectivity index (χ2v) is 9.60. The van der Waals surface area contributed by atoms with E-state index >= 15 is 0 Å². The summed E-state index contributed by atoms with van der Waals surface area (Å²) in [5.74, 6) is 1.46. The molecule has 2 atom stereocenters. The minimum absolute atomic E-state index is 0.178. The zero-order valence-electron chi connectivity index (χ0n) is 19.4. The molecular weight excluding hydrogens is 414 g/mol. The van der Waals surface area contributed by atoms with Gasteiger partial charge in [-0.15, -0.1) is 0 Å². The Labute approximate surface area is 196 Å². The number of hydrogen-bond acceptors (Lipinski definition) is 5. The van der Waals surface area contributed by atoms with Gasteiger partial charge in [-0.25, -0.2) is 0 Å². The van der Waals surface area contributed by atoms with Gasteiger partial charge < -0.3 is 14.8 Å². The summed E-state index contributed by atoms with van der Waals surface area (Å²) in [6, 6.07) is 19.1. The first-order chi connectivity index (χ1) is 16.2. The molecule has 33 heavy (non-hydrogen) atoms. The van der Waals surface area contributed by atoms with Crippen LogP contribution in [0.25, 0.3) is 0 Å². The van der Waals surface area contributed by atoms with Crippen molar-refractivity contribution in [3.8, 4) is 5.75 Å². The number of rotatable bonds is 7. The van der Waals surface area contributed by atoms with E-state index in [0.717, 1.165) is 71.1 Å². The van der Waals surface area contributed by atoms with Crippen molar-refractivity contribution >= 4 is 5.91 Å². The van der Waals surface area contributed by atoms with Crippen molar-refractivity contribution in [1.82, 2.24) is 15.1 Å². The number of ether oxygens (including phenoxy) is 2. The van der Waals surface area contributed by atoms with E-state index in [2.05, 4.69) is 63.6 Å². The molecule has 5 rings (SSSR count). The highest BCUT2D eigenvalue weighted by Gasteiger charge is 2.49. The molecule has 1 amide bonds. The molecule has 3 fully saturated rings. The van der Waals surface area contributed by atoms with Gasteiger partial charge in [0.2, 0.25) is 5.91 Å². The summed E-state index contributed by atoms with van der Waals surface area (Å²) in [4.78, 5) is 17.3. The predicted molar refractivity (Wildman–Crippen MR) is 128 cm³/mol. The molecule has 2 aromatic carbocycles.